The third-order valence-corrected chi connectivity index (χ3v) is 3.17. The van der Waals surface area contributed by atoms with Gasteiger partial charge >= 0.3 is 0 Å². The Balaban J connectivity index is 2.11. The number of anilines is 1. The standard InChI is InChI=1S/C15H18ClN3O2/c1-4-14-18-13(16)8-15(19-14)17-9-10-5-6-11(20-2)12(7-10)21-3/h5-8H,4,9H2,1-3H3,(H,17,18,19). The largest absolute Gasteiger partial charge is 0.493 e. The molecule has 1 aromatic carbocycles. The maximum absolute atomic E-state index is 5.97. The summed E-state index contributed by atoms with van der Waals surface area (Å²) in [5.74, 6) is 2.84. The number of hydrogen-bond donors (Lipinski definition) is 1. The summed E-state index contributed by atoms with van der Waals surface area (Å²) in [5.41, 5.74) is 1.06. The van der Waals surface area contributed by atoms with Gasteiger partial charge in [-0.2, -0.15) is 0 Å². The van der Waals surface area contributed by atoms with Crippen LogP contribution in [0.25, 0.3) is 0 Å². The van der Waals surface area contributed by atoms with Crippen molar-refractivity contribution >= 4 is 17.4 Å². The Morgan fingerprint density at radius 3 is 2.52 bits per heavy atom. The molecule has 1 heterocycles. The number of nitrogens with zero attached hydrogens (tertiary/aromatic N) is 2. The smallest absolute Gasteiger partial charge is 0.161 e. The van der Waals surface area contributed by atoms with Crippen molar-refractivity contribution < 1.29 is 9.47 Å². The molecule has 6 heteroatoms. The molecule has 21 heavy (non-hydrogen) atoms. The van der Waals surface area contributed by atoms with Crippen molar-refractivity contribution in [2.24, 2.45) is 0 Å². The predicted molar refractivity (Wildman–Crippen MR) is 83.3 cm³/mol. The fourth-order valence-corrected chi connectivity index (χ4v) is 2.10. The molecule has 0 bridgehead atoms. The minimum Gasteiger partial charge on any atom is -0.493 e. The van der Waals surface area contributed by atoms with Gasteiger partial charge in [-0.1, -0.05) is 24.6 Å². The summed E-state index contributed by atoms with van der Waals surface area (Å²) in [6.45, 7) is 2.60. The molecule has 0 aliphatic rings. The van der Waals surface area contributed by atoms with Gasteiger partial charge in [0.1, 0.15) is 16.8 Å². The van der Waals surface area contributed by atoms with Gasteiger partial charge in [0.05, 0.1) is 14.2 Å². The van der Waals surface area contributed by atoms with Crippen LogP contribution in [0, 0.1) is 0 Å². The molecule has 0 amide bonds. The summed E-state index contributed by atoms with van der Waals surface area (Å²) in [6.07, 6.45) is 0.742. The molecule has 0 saturated heterocycles. The van der Waals surface area contributed by atoms with Gasteiger partial charge in [-0.3, -0.25) is 0 Å². The highest BCUT2D eigenvalue weighted by atomic mass is 35.5. The van der Waals surface area contributed by atoms with Crippen LogP contribution in [-0.4, -0.2) is 24.2 Å². The van der Waals surface area contributed by atoms with Crippen molar-refractivity contribution in [3.8, 4) is 11.5 Å². The Labute approximate surface area is 129 Å². The quantitative estimate of drug-likeness (QED) is 0.830. The molecule has 0 fully saturated rings. The topological polar surface area (TPSA) is 56.3 Å². The lowest BCUT2D eigenvalue weighted by molar-refractivity contribution is 0.354. The van der Waals surface area contributed by atoms with E-state index in [1.807, 2.05) is 25.1 Å². The van der Waals surface area contributed by atoms with Gasteiger partial charge in [-0.05, 0) is 17.7 Å². The average molecular weight is 308 g/mol. The van der Waals surface area contributed by atoms with Crippen LogP contribution in [0.2, 0.25) is 5.15 Å². The average Bonchev–Trinajstić information content (AvgIpc) is 2.52. The molecule has 0 unspecified atom stereocenters. The number of aromatic nitrogens is 2. The van der Waals surface area contributed by atoms with Gasteiger partial charge in [0.15, 0.2) is 11.5 Å². The first-order valence-corrected chi connectivity index (χ1v) is 7.02. The highest BCUT2D eigenvalue weighted by Gasteiger charge is 2.06. The van der Waals surface area contributed by atoms with Crippen molar-refractivity contribution in [3.63, 3.8) is 0 Å². The van der Waals surface area contributed by atoms with Gasteiger partial charge in [0.2, 0.25) is 0 Å². The lowest BCUT2D eigenvalue weighted by Crippen LogP contribution is -2.04. The summed E-state index contributed by atoms with van der Waals surface area (Å²) in [7, 11) is 3.23. The molecule has 0 spiro atoms. The first kappa shape index (κ1) is 15.4. The zero-order valence-electron chi connectivity index (χ0n) is 12.3. The van der Waals surface area contributed by atoms with Crippen LogP contribution < -0.4 is 14.8 Å². The van der Waals surface area contributed by atoms with Crippen LogP contribution in [0.4, 0.5) is 5.82 Å². The number of nitrogens with one attached hydrogen (secondary N) is 1. The van der Waals surface area contributed by atoms with E-state index in [2.05, 4.69) is 15.3 Å². The van der Waals surface area contributed by atoms with Crippen LogP contribution in [0.15, 0.2) is 24.3 Å². The fourth-order valence-electron chi connectivity index (χ4n) is 1.90. The van der Waals surface area contributed by atoms with Crippen LogP contribution in [0.3, 0.4) is 0 Å². The molecule has 2 aromatic rings. The molecule has 5 nitrogen and oxygen atoms in total. The van der Waals surface area contributed by atoms with Crippen molar-refractivity contribution in [2.75, 3.05) is 19.5 Å². The third kappa shape index (κ3) is 3.98. The molecular weight excluding hydrogens is 290 g/mol. The van der Waals surface area contributed by atoms with Crippen molar-refractivity contribution in [2.45, 2.75) is 19.9 Å². The molecule has 1 N–H and O–H groups in total. The Morgan fingerprint density at radius 2 is 1.86 bits per heavy atom. The van der Waals surface area contributed by atoms with E-state index in [4.69, 9.17) is 21.1 Å². The van der Waals surface area contributed by atoms with Crippen molar-refractivity contribution in [1.82, 2.24) is 9.97 Å². The first-order chi connectivity index (χ1) is 10.2. The third-order valence-electron chi connectivity index (χ3n) is 2.98. The predicted octanol–water partition coefficient (Wildman–Crippen LogP) is 3.32. The zero-order valence-corrected chi connectivity index (χ0v) is 13.1. The van der Waals surface area contributed by atoms with E-state index in [9.17, 15) is 0 Å². The van der Waals surface area contributed by atoms with Crippen molar-refractivity contribution in [1.29, 1.82) is 0 Å². The van der Waals surface area contributed by atoms with Crippen molar-refractivity contribution in [3.05, 3.63) is 40.8 Å². The zero-order chi connectivity index (χ0) is 15.2. The van der Waals surface area contributed by atoms with Crippen LogP contribution in [-0.2, 0) is 13.0 Å². The Hall–Kier alpha value is -2.01. The van der Waals surface area contributed by atoms with Crippen LogP contribution in [0.1, 0.15) is 18.3 Å². The van der Waals surface area contributed by atoms with Crippen LogP contribution in [0.5, 0.6) is 11.5 Å². The fraction of sp³-hybridized carbons (Fsp3) is 0.333. The number of halogens is 1. The summed E-state index contributed by atoms with van der Waals surface area (Å²) < 4.78 is 10.5. The minimum absolute atomic E-state index is 0.441. The van der Waals surface area contributed by atoms with Crippen LogP contribution >= 0.6 is 11.6 Å². The van der Waals surface area contributed by atoms with Gasteiger partial charge in [-0.25, -0.2) is 9.97 Å². The number of hydrogen-bond acceptors (Lipinski definition) is 5. The number of rotatable bonds is 6. The van der Waals surface area contributed by atoms with Gasteiger partial charge in [0.25, 0.3) is 0 Å². The number of benzene rings is 1. The molecule has 0 atom stereocenters. The number of methoxy groups -OCH3 is 2. The SMILES string of the molecule is CCc1nc(Cl)cc(NCc2ccc(OC)c(OC)c2)n1. The number of ether oxygens (including phenoxy) is 2. The monoisotopic (exact) mass is 307 g/mol. The number of aryl methyl sites for hydroxylation is 1. The van der Waals surface area contributed by atoms with E-state index < -0.39 is 0 Å². The van der Waals surface area contributed by atoms with E-state index in [-0.39, 0.29) is 0 Å². The maximum atomic E-state index is 5.97. The van der Waals surface area contributed by atoms with E-state index in [0.717, 1.165) is 17.8 Å². The summed E-state index contributed by atoms with van der Waals surface area (Å²) in [6, 6.07) is 7.48. The highest BCUT2D eigenvalue weighted by Crippen LogP contribution is 2.27. The Kier molecular flexibility index (Phi) is 5.22. The molecule has 0 aliphatic heterocycles. The Morgan fingerprint density at radius 1 is 1.10 bits per heavy atom. The first-order valence-electron chi connectivity index (χ1n) is 6.64. The van der Waals surface area contributed by atoms with E-state index >= 15 is 0 Å². The molecule has 0 saturated carbocycles. The molecule has 1 aromatic heterocycles. The van der Waals surface area contributed by atoms with Gasteiger partial charge in [-0.15, -0.1) is 0 Å². The van der Waals surface area contributed by atoms with E-state index in [1.54, 1.807) is 20.3 Å². The van der Waals surface area contributed by atoms with Gasteiger partial charge in [0, 0.05) is 19.0 Å². The Bertz CT molecular complexity index is 620. The molecule has 2 rings (SSSR count). The lowest BCUT2D eigenvalue weighted by atomic mass is 10.2. The highest BCUT2D eigenvalue weighted by molar-refractivity contribution is 6.29. The maximum Gasteiger partial charge on any atom is 0.161 e. The lowest BCUT2D eigenvalue weighted by Gasteiger charge is -2.11. The second-order valence-corrected chi connectivity index (χ2v) is 4.78. The molecule has 112 valence electrons. The minimum atomic E-state index is 0.441. The molecular formula is C15H18ClN3O2. The second-order valence-electron chi connectivity index (χ2n) is 4.39. The summed E-state index contributed by atoms with van der Waals surface area (Å²) >= 11 is 5.97. The normalized spacial score (nSPS) is 10.3. The van der Waals surface area contributed by atoms with Gasteiger partial charge < -0.3 is 14.8 Å². The summed E-state index contributed by atoms with van der Waals surface area (Å²) in [5, 5.41) is 3.67. The molecule has 0 radical (unpaired) electrons. The van der Waals surface area contributed by atoms with E-state index in [0.29, 0.717) is 29.0 Å². The molecule has 0 aliphatic carbocycles. The summed E-state index contributed by atoms with van der Waals surface area (Å²) in [4.78, 5) is 8.52. The van der Waals surface area contributed by atoms with E-state index in [1.165, 1.54) is 0 Å². The second kappa shape index (κ2) is 7.13.